The number of benzene rings is 2. The quantitative estimate of drug-likeness (QED) is 0.791. The first-order chi connectivity index (χ1) is 8.92. The fourth-order valence-electron chi connectivity index (χ4n) is 2.80. The van der Waals surface area contributed by atoms with Crippen molar-refractivity contribution in [2.24, 2.45) is 0 Å². The Labute approximate surface area is 108 Å². The van der Waals surface area contributed by atoms with Gasteiger partial charge in [0.2, 0.25) is 0 Å². The van der Waals surface area contributed by atoms with Crippen molar-refractivity contribution in [3.8, 4) is 0 Å². The molecule has 2 nitrogen and oxygen atoms in total. The lowest BCUT2D eigenvalue weighted by atomic mass is 10.1. The van der Waals surface area contributed by atoms with Gasteiger partial charge in [-0.05, 0) is 11.1 Å². The summed E-state index contributed by atoms with van der Waals surface area (Å²) in [7, 11) is -0.648. The molecule has 1 aliphatic carbocycles. The maximum atomic E-state index is 6.21. The van der Waals surface area contributed by atoms with Crippen molar-refractivity contribution in [3.63, 3.8) is 0 Å². The van der Waals surface area contributed by atoms with Gasteiger partial charge in [-0.15, -0.1) is 0 Å². The molecule has 1 unspecified atom stereocenters. The molecule has 3 heteroatoms. The molecule has 1 fully saturated rings. The van der Waals surface area contributed by atoms with E-state index >= 15 is 0 Å². The highest BCUT2D eigenvalue weighted by Gasteiger charge is 2.42. The van der Waals surface area contributed by atoms with Crippen molar-refractivity contribution in [2.45, 2.75) is 18.6 Å². The smallest absolute Gasteiger partial charge is 0.135 e. The van der Waals surface area contributed by atoms with Crippen molar-refractivity contribution >= 4 is 13.6 Å². The minimum absolute atomic E-state index is 0.314. The molecule has 1 heterocycles. The summed E-state index contributed by atoms with van der Waals surface area (Å²) < 4.78 is 6.21. The summed E-state index contributed by atoms with van der Waals surface area (Å²) in [6.07, 6.45) is 1.35. The van der Waals surface area contributed by atoms with Gasteiger partial charge in [0.1, 0.15) is 8.30 Å². The first kappa shape index (κ1) is 10.7. The average Bonchev–Trinajstić information content (AvgIpc) is 2.97. The van der Waals surface area contributed by atoms with Gasteiger partial charge in [0.25, 0.3) is 0 Å². The monoisotopic (exact) mass is 255 g/mol. The van der Waals surface area contributed by atoms with Crippen molar-refractivity contribution in [2.75, 3.05) is 0 Å². The zero-order valence-electron chi connectivity index (χ0n) is 9.91. The topological polar surface area (TPSA) is 21.3 Å². The minimum atomic E-state index is -0.648. The number of rotatable bonds is 1. The Bertz CT molecular complexity index is 572. The predicted molar refractivity (Wildman–Crippen MR) is 73.9 cm³/mol. The Morgan fingerprint density at radius 3 is 2.67 bits per heavy atom. The molecular weight excluding hydrogens is 241 g/mol. The molecule has 3 atom stereocenters. The van der Waals surface area contributed by atoms with Crippen LogP contribution in [0.3, 0.4) is 0 Å². The molecule has 0 radical (unpaired) electrons. The van der Waals surface area contributed by atoms with E-state index in [0.29, 0.717) is 12.1 Å². The second kappa shape index (κ2) is 4.17. The standard InChI is InChI=1S/C15H14NOP/c1-2-7-12(8-3-1)18-16-15-13-9-5-4-6-11(13)10-14(15)17-18/h1-9,14-16H,10H2/t14-,15+,18?/m1/s1. The summed E-state index contributed by atoms with van der Waals surface area (Å²) in [5, 5.41) is 4.95. The van der Waals surface area contributed by atoms with E-state index in [1.165, 1.54) is 16.4 Å². The lowest BCUT2D eigenvalue weighted by molar-refractivity contribution is 0.242. The fraction of sp³-hybridized carbons (Fsp3) is 0.200. The van der Waals surface area contributed by atoms with Gasteiger partial charge in [-0.3, -0.25) is 5.09 Å². The molecule has 0 saturated carbocycles. The molecule has 18 heavy (non-hydrogen) atoms. The van der Waals surface area contributed by atoms with Gasteiger partial charge in [0.05, 0.1) is 12.1 Å². The minimum Gasteiger partial charge on any atom is -0.334 e. The first-order valence-electron chi connectivity index (χ1n) is 6.28. The molecule has 2 aliphatic rings. The predicted octanol–water partition coefficient (Wildman–Crippen LogP) is 2.91. The van der Waals surface area contributed by atoms with Gasteiger partial charge >= 0.3 is 0 Å². The van der Waals surface area contributed by atoms with Crippen molar-refractivity contribution in [3.05, 3.63) is 65.7 Å². The van der Waals surface area contributed by atoms with Crippen LogP contribution in [-0.2, 0) is 10.9 Å². The van der Waals surface area contributed by atoms with E-state index in [1.807, 2.05) is 6.07 Å². The van der Waals surface area contributed by atoms with Gasteiger partial charge < -0.3 is 4.52 Å². The third-order valence-electron chi connectivity index (χ3n) is 3.67. The Morgan fingerprint density at radius 1 is 1.00 bits per heavy atom. The van der Waals surface area contributed by atoms with E-state index in [1.54, 1.807) is 0 Å². The van der Waals surface area contributed by atoms with Crippen molar-refractivity contribution in [1.29, 1.82) is 0 Å². The van der Waals surface area contributed by atoms with Crippen LogP contribution < -0.4 is 10.4 Å². The van der Waals surface area contributed by atoms with Crippen LogP contribution in [0.25, 0.3) is 0 Å². The van der Waals surface area contributed by atoms with E-state index < -0.39 is 8.30 Å². The van der Waals surface area contributed by atoms with Gasteiger partial charge in [-0.25, -0.2) is 0 Å². The van der Waals surface area contributed by atoms with Gasteiger partial charge in [0, 0.05) is 11.7 Å². The Kier molecular flexibility index (Phi) is 2.47. The molecule has 0 amide bonds. The average molecular weight is 255 g/mol. The molecule has 1 saturated heterocycles. The Balaban J connectivity index is 1.64. The molecule has 90 valence electrons. The molecule has 0 bridgehead atoms. The van der Waals surface area contributed by atoms with Crippen LogP contribution in [-0.4, -0.2) is 6.10 Å². The van der Waals surface area contributed by atoms with Crippen LogP contribution in [0.5, 0.6) is 0 Å². The van der Waals surface area contributed by atoms with Crippen molar-refractivity contribution in [1.82, 2.24) is 5.09 Å². The summed E-state index contributed by atoms with van der Waals surface area (Å²) in [5.41, 5.74) is 2.85. The second-order valence-electron chi connectivity index (χ2n) is 4.78. The molecule has 1 aliphatic heterocycles. The highest BCUT2D eigenvalue weighted by atomic mass is 31.2. The van der Waals surface area contributed by atoms with E-state index in [-0.39, 0.29) is 0 Å². The summed E-state index contributed by atoms with van der Waals surface area (Å²) in [6, 6.07) is 19.5. The lowest BCUT2D eigenvalue weighted by Gasteiger charge is -2.12. The van der Waals surface area contributed by atoms with Gasteiger partial charge in [-0.2, -0.15) is 0 Å². The fourth-order valence-corrected chi connectivity index (χ4v) is 4.60. The first-order valence-corrected chi connectivity index (χ1v) is 7.54. The van der Waals surface area contributed by atoms with E-state index in [4.69, 9.17) is 4.52 Å². The summed E-state index contributed by atoms with van der Waals surface area (Å²) in [4.78, 5) is 0. The maximum Gasteiger partial charge on any atom is 0.135 e. The highest BCUT2D eigenvalue weighted by Crippen LogP contribution is 2.50. The van der Waals surface area contributed by atoms with Crippen LogP contribution in [0.15, 0.2) is 54.6 Å². The van der Waals surface area contributed by atoms with Crippen LogP contribution in [0, 0.1) is 0 Å². The number of nitrogens with one attached hydrogen (secondary N) is 1. The molecule has 0 aromatic heterocycles. The van der Waals surface area contributed by atoms with Crippen LogP contribution in [0.1, 0.15) is 17.2 Å². The van der Waals surface area contributed by atoms with E-state index in [9.17, 15) is 0 Å². The number of hydrogen-bond donors (Lipinski definition) is 1. The van der Waals surface area contributed by atoms with Crippen LogP contribution >= 0.6 is 8.30 Å². The maximum absolute atomic E-state index is 6.21. The van der Waals surface area contributed by atoms with Crippen LogP contribution in [0.4, 0.5) is 0 Å². The Morgan fingerprint density at radius 2 is 1.78 bits per heavy atom. The summed E-state index contributed by atoms with van der Waals surface area (Å²) >= 11 is 0. The zero-order chi connectivity index (χ0) is 11.9. The summed E-state index contributed by atoms with van der Waals surface area (Å²) in [6.45, 7) is 0. The highest BCUT2D eigenvalue weighted by molar-refractivity contribution is 7.59. The molecular formula is C15H14NOP. The Hall–Kier alpha value is -1.21. The summed E-state index contributed by atoms with van der Waals surface area (Å²) in [5.74, 6) is 0. The normalized spacial score (nSPS) is 29.0. The molecule has 2 aromatic rings. The number of fused-ring (bicyclic) bond motifs is 3. The molecule has 0 spiro atoms. The lowest BCUT2D eigenvalue weighted by Crippen LogP contribution is -2.16. The SMILES string of the molecule is c1ccc(P2N[C@H]3c4ccccc4C[C@H]3O2)cc1. The number of hydrogen-bond acceptors (Lipinski definition) is 2. The molecule has 4 rings (SSSR count). The molecule has 2 aromatic carbocycles. The molecule has 1 N–H and O–H groups in total. The zero-order valence-corrected chi connectivity index (χ0v) is 10.8. The second-order valence-corrected chi connectivity index (χ2v) is 6.36. The van der Waals surface area contributed by atoms with Crippen molar-refractivity contribution < 1.29 is 4.52 Å². The third kappa shape index (κ3) is 1.61. The van der Waals surface area contributed by atoms with Crippen LogP contribution in [0.2, 0.25) is 0 Å². The largest absolute Gasteiger partial charge is 0.334 e. The van der Waals surface area contributed by atoms with E-state index in [0.717, 1.165) is 6.42 Å². The van der Waals surface area contributed by atoms with E-state index in [2.05, 4.69) is 53.6 Å². The van der Waals surface area contributed by atoms with Gasteiger partial charge in [0.15, 0.2) is 0 Å². The third-order valence-corrected chi connectivity index (χ3v) is 5.43. The van der Waals surface area contributed by atoms with Gasteiger partial charge in [-0.1, -0.05) is 54.6 Å².